The summed E-state index contributed by atoms with van der Waals surface area (Å²) < 4.78 is 71.7. The molecule has 0 spiro atoms. The summed E-state index contributed by atoms with van der Waals surface area (Å²) in [6.07, 6.45) is 13.5. The van der Waals surface area contributed by atoms with Crippen molar-refractivity contribution in [1.29, 1.82) is 0 Å². The summed E-state index contributed by atoms with van der Waals surface area (Å²) in [4.78, 5) is 11.5. The molecule has 40 heavy (non-hydrogen) atoms. The Bertz CT molecular complexity index is 1300. The highest BCUT2D eigenvalue weighted by molar-refractivity contribution is 5.94. The van der Waals surface area contributed by atoms with Crippen LogP contribution >= 0.6 is 0 Å². The molecule has 0 bridgehead atoms. The van der Waals surface area contributed by atoms with E-state index >= 15 is 4.39 Å². The fourth-order valence-corrected chi connectivity index (χ4v) is 5.96. The molecule has 3 aromatic carbocycles. The zero-order valence-electron chi connectivity index (χ0n) is 22.7. The first-order valence-corrected chi connectivity index (χ1v) is 14.2. The van der Waals surface area contributed by atoms with Gasteiger partial charge >= 0.3 is 5.97 Å². The molecule has 1 aliphatic rings. The Hall–Kier alpha value is -3.22. The van der Waals surface area contributed by atoms with Crippen molar-refractivity contribution in [2.45, 2.75) is 83.5 Å². The maximum Gasteiger partial charge on any atom is 0.341 e. The van der Waals surface area contributed by atoms with E-state index < -0.39 is 51.7 Å². The van der Waals surface area contributed by atoms with Gasteiger partial charge in [0.1, 0.15) is 17.2 Å². The van der Waals surface area contributed by atoms with Crippen LogP contribution in [-0.4, -0.2) is 11.1 Å². The highest BCUT2D eigenvalue weighted by Gasteiger charge is 2.27. The second-order valence-electron chi connectivity index (χ2n) is 10.9. The van der Waals surface area contributed by atoms with E-state index in [1.54, 1.807) is 12.1 Å². The third kappa shape index (κ3) is 6.73. The van der Waals surface area contributed by atoms with E-state index in [0.717, 1.165) is 30.4 Å². The van der Waals surface area contributed by atoms with Gasteiger partial charge in [0.05, 0.1) is 0 Å². The van der Waals surface area contributed by atoms with Crippen molar-refractivity contribution in [2.24, 2.45) is 5.92 Å². The van der Waals surface area contributed by atoms with Gasteiger partial charge in [-0.2, -0.15) is 0 Å². The van der Waals surface area contributed by atoms with E-state index in [9.17, 15) is 27.5 Å². The number of carboxylic acid groups (broad SMARTS) is 1. The quantitative estimate of drug-likeness (QED) is 0.144. The molecule has 4 rings (SSSR count). The van der Waals surface area contributed by atoms with Crippen LogP contribution in [0.25, 0.3) is 22.3 Å². The van der Waals surface area contributed by atoms with Crippen molar-refractivity contribution < 1.29 is 31.9 Å². The van der Waals surface area contributed by atoms with Gasteiger partial charge in [0.2, 0.25) is 0 Å². The van der Waals surface area contributed by atoms with Crippen LogP contribution in [0.5, 0.6) is 0 Å². The molecular formula is C33H35F5O2. The zero-order chi connectivity index (χ0) is 28.8. The molecule has 7 heteroatoms. The molecule has 0 amide bonds. The van der Waals surface area contributed by atoms with Gasteiger partial charge in [0.15, 0.2) is 17.5 Å². The number of rotatable bonds is 11. The van der Waals surface area contributed by atoms with Crippen molar-refractivity contribution in [2.75, 3.05) is 0 Å². The minimum atomic E-state index is -1.87. The van der Waals surface area contributed by atoms with Gasteiger partial charge in [0, 0.05) is 5.56 Å². The summed E-state index contributed by atoms with van der Waals surface area (Å²) in [5, 5.41) is 9.34. The minimum absolute atomic E-state index is 0.0837. The molecule has 214 valence electrons. The lowest BCUT2D eigenvalue weighted by atomic mass is 9.77. The van der Waals surface area contributed by atoms with Crippen LogP contribution in [0.3, 0.4) is 0 Å². The molecule has 0 radical (unpaired) electrons. The molecule has 0 atom stereocenters. The molecule has 0 unspecified atom stereocenters. The Balaban J connectivity index is 1.53. The predicted octanol–water partition coefficient (Wildman–Crippen LogP) is 10.4. The van der Waals surface area contributed by atoms with Crippen molar-refractivity contribution >= 4 is 5.97 Å². The van der Waals surface area contributed by atoms with Crippen LogP contribution in [0.4, 0.5) is 22.0 Å². The Morgan fingerprint density at radius 3 is 1.95 bits per heavy atom. The predicted molar refractivity (Wildman–Crippen MR) is 147 cm³/mol. The molecule has 0 aromatic heterocycles. The van der Waals surface area contributed by atoms with Crippen LogP contribution in [0.1, 0.15) is 99.4 Å². The lowest BCUT2D eigenvalue weighted by Crippen LogP contribution is -2.13. The van der Waals surface area contributed by atoms with Crippen molar-refractivity contribution in [3.63, 3.8) is 0 Å². The SMILES string of the molecule is CCCCCCCC[C@H]1CC[C@H](c2ccc(-c3cc(F)c(C(=O)O)c(F)c3-c3cc(F)c(F)c(F)c3)cc2)CC1. The second kappa shape index (κ2) is 13.4. The second-order valence-corrected chi connectivity index (χ2v) is 10.9. The number of carboxylic acids is 1. The standard InChI is InChI=1S/C33H35F5O2/c1-2-3-4-5-6-7-8-20-9-11-21(12-10-20)22-13-15-23(16-14-22)25-19-26(34)30(33(39)40)32(38)29(25)24-17-27(35)31(37)28(36)18-24/h13-21H,2-12H2,1H3,(H,39,40)/t20-,21-. The molecule has 1 saturated carbocycles. The topological polar surface area (TPSA) is 37.3 Å². The van der Waals surface area contributed by atoms with Crippen LogP contribution in [-0.2, 0) is 0 Å². The van der Waals surface area contributed by atoms with Gasteiger partial charge in [-0.15, -0.1) is 0 Å². The molecule has 1 N–H and O–H groups in total. The Morgan fingerprint density at radius 1 is 0.750 bits per heavy atom. The van der Waals surface area contributed by atoms with E-state index in [-0.39, 0.29) is 5.56 Å². The van der Waals surface area contributed by atoms with Gasteiger partial charge in [0.25, 0.3) is 0 Å². The third-order valence-corrected chi connectivity index (χ3v) is 8.21. The van der Waals surface area contributed by atoms with E-state index in [1.165, 1.54) is 57.8 Å². The maximum atomic E-state index is 15.4. The minimum Gasteiger partial charge on any atom is -0.477 e. The number of hydrogen-bond acceptors (Lipinski definition) is 1. The average Bonchev–Trinajstić information content (AvgIpc) is 2.93. The smallest absolute Gasteiger partial charge is 0.341 e. The normalized spacial score (nSPS) is 17.2. The highest BCUT2D eigenvalue weighted by Crippen LogP contribution is 2.41. The van der Waals surface area contributed by atoms with Gasteiger partial charge in [-0.3, -0.25) is 0 Å². The number of aromatic carboxylic acids is 1. The lowest BCUT2D eigenvalue weighted by Gasteiger charge is -2.29. The van der Waals surface area contributed by atoms with E-state index in [4.69, 9.17) is 0 Å². The van der Waals surface area contributed by atoms with Crippen molar-refractivity contribution in [3.05, 3.63) is 82.7 Å². The number of unbranched alkanes of at least 4 members (excludes halogenated alkanes) is 5. The van der Waals surface area contributed by atoms with Crippen molar-refractivity contribution in [1.82, 2.24) is 0 Å². The first kappa shape index (κ1) is 29.8. The monoisotopic (exact) mass is 558 g/mol. The van der Waals surface area contributed by atoms with Gasteiger partial charge in [-0.1, -0.05) is 76.1 Å². The average molecular weight is 559 g/mol. The zero-order valence-corrected chi connectivity index (χ0v) is 22.7. The largest absolute Gasteiger partial charge is 0.477 e. The van der Waals surface area contributed by atoms with Gasteiger partial charge in [-0.05, 0) is 78.0 Å². The number of benzene rings is 3. The summed E-state index contributed by atoms with van der Waals surface area (Å²) in [6, 6.07) is 9.08. The Kier molecular flexibility index (Phi) is 9.99. The number of hydrogen-bond donors (Lipinski definition) is 1. The highest BCUT2D eigenvalue weighted by atomic mass is 19.2. The van der Waals surface area contributed by atoms with E-state index in [2.05, 4.69) is 6.92 Å². The van der Waals surface area contributed by atoms with E-state index in [0.29, 0.717) is 23.6 Å². The lowest BCUT2D eigenvalue weighted by molar-refractivity contribution is 0.0686. The molecule has 3 aromatic rings. The molecule has 1 fully saturated rings. The molecule has 0 saturated heterocycles. The fourth-order valence-electron chi connectivity index (χ4n) is 5.96. The van der Waals surface area contributed by atoms with E-state index in [1.807, 2.05) is 12.1 Å². The molecule has 1 aliphatic carbocycles. The summed E-state index contributed by atoms with van der Waals surface area (Å²) >= 11 is 0. The number of carbonyl (C=O) groups is 1. The Labute approximate surface area is 232 Å². The summed E-state index contributed by atoms with van der Waals surface area (Å²) in [7, 11) is 0. The third-order valence-electron chi connectivity index (χ3n) is 8.21. The molecular weight excluding hydrogens is 523 g/mol. The summed E-state index contributed by atoms with van der Waals surface area (Å²) in [6.45, 7) is 2.22. The molecule has 2 nitrogen and oxygen atoms in total. The number of halogens is 5. The summed E-state index contributed by atoms with van der Waals surface area (Å²) in [5.41, 5.74) is -0.836. The van der Waals surface area contributed by atoms with Crippen LogP contribution in [0, 0.1) is 35.0 Å². The first-order valence-electron chi connectivity index (χ1n) is 14.2. The first-order chi connectivity index (χ1) is 19.2. The molecule has 0 aliphatic heterocycles. The van der Waals surface area contributed by atoms with Crippen LogP contribution in [0.15, 0.2) is 42.5 Å². The Morgan fingerprint density at radius 2 is 1.35 bits per heavy atom. The fraction of sp³-hybridized carbons (Fsp3) is 0.424. The summed E-state index contributed by atoms with van der Waals surface area (Å²) in [5.74, 6) is -8.42. The maximum absolute atomic E-state index is 15.4. The van der Waals surface area contributed by atoms with Gasteiger partial charge < -0.3 is 5.11 Å². The molecule has 0 heterocycles. The van der Waals surface area contributed by atoms with Crippen molar-refractivity contribution in [3.8, 4) is 22.3 Å². The van der Waals surface area contributed by atoms with Crippen LogP contribution < -0.4 is 0 Å². The van der Waals surface area contributed by atoms with Crippen LogP contribution in [0.2, 0.25) is 0 Å². The van der Waals surface area contributed by atoms with Gasteiger partial charge in [-0.25, -0.2) is 26.7 Å².